The molecule has 1 N–H and O–H groups in total. The maximum atomic E-state index is 12.8. The molecule has 0 spiro atoms. The van der Waals surface area contributed by atoms with Crippen LogP contribution < -0.4 is 14.8 Å². The van der Waals surface area contributed by atoms with Crippen molar-refractivity contribution < 1.29 is 27.9 Å². The van der Waals surface area contributed by atoms with Gasteiger partial charge in [-0.3, -0.25) is 9.36 Å². The Morgan fingerprint density at radius 3 is 2.34 bits per heavy atom. The summed E-state index contributed by atoms with van der Waals surface area (Å²) in [5, 5.41) is 2.89. The summed E-state index contributed by atoms with van der Waals surface area (Å²) in [4.78, 5) is 16.8. The number of carbonyl (C=O) groups excluding carboxylic acids is 1. The minimum Gasteiger partial charge on any atom is -0.493 e. The number of nitrogens with one attached hydrogen (secondary N) is 1. The second kappa shape index (κ2) is 12.8. The largest absolute Gasteiger partial charge is 0.493 e. The molecule has 0 unspecified atom stereocenters. The average molecular weight is 507 g/mol. The van der Waals surface area contributed by atoms with Crippen molar-refractivity contribution in [1.29, 1.82) is 0 Å². The van der Waals surface area contributed by atoms with Crippen molar-refractivity contribution in [3.8, 4) is 11.5 Å². The molecule has 194 valence electrons. The Hall–Kier alpha value is -2.07. The number of carbonyl (C=O) groups is 1. The number of amides is 1. The third kappa shape index (κ3) is 7.00. The van der Waals surface area contributed by atoms with Gasteiger partial charge in [0.15, 0.2) is 11.5 Å². The summed E-state index contributed by atoms with van der Waals surface area (Å²) in [6, 6.07) is 5.81. The van der Waals surface area contributed by atoms with Crippen molar-refractivity contribution in [1.82, 2.24) is 5.32 Å². The summed E-state index contributed by atoms with van der Waals surface area (Å²) in [6.07, 6.45) is 7.22. The molecule has 35 heavy (non-hydrogen) atoms. The number of methoxy groups -OCH3 is 1. The molecule has 0 bridgehead atoms. The molecule has 0 atom stereocenters. The lowest BCUT2D eigenvalue weighted by Crippen LogP contribution is -2.38. The molecule has 0 saturated heterocycles. The predicted molar refractivity (Wildman–Crippen MR) is 135 cm³/mol. The summed E-state index contributed by atoms with van der Waals surface area (Å²) >= 11 is 0. The lowest BCUT2D eigenvalue weighted by molar-refractivity contribution is -0.126. The summed E-state index contributed by atoms with van der Waals surface area (Å²) in [5.74, 6) is 1.15. The zero-order chi connectivity index (χ0) is 25.3. The molecule has 0 radical (unpaired) electrons. The highest BCUT2D eigenvalue weighted by molar-refractivity contribution is 7.53. The quantitative estimate of drug-likeness (QED) is 0.289. The SMILES string of the molecule is [C-]#[N+]C1(c2ccc(OC)c(OC3CCCC3)c2)CCC(C(=O)NCCP(=O)(OCC)OCC)CC1. The highest BCUT2D eigenvalue weighted by Crippen LogP contribution is 2.48. The van der Waals surface area contributed by atoms with Crippen LogP contribution in [0.3, 0.4) is 0 Å². The number of hydrogen-bond acceptors (Lipinski definition) is 6. The topological polar surface area (TPSA) is 87.5 Å². The van der Waals surface area contributed by atoms with Crippen LogP contribution in [0.2, 0.25) is 0 Å². The zero-order valence-corrected chi connectivity index (χ0v) is 22.1. The van der Waals surface area contributed by atoms with Gasteiger partial charge in [0.25, 0.3) is 5.54 Å². The summed E-state index contributed by atoms with van der Waals surface area (Å²) in [6.45, 7) is 12.4. The van der Waals surface area contributed by atoms with Crippen molar-refractivity contribution in [3.63, 3.8) is 0 Å². The minimum absolute atomic E-state index is 0.0666. The fourth-order valence-corrected chi connectivity index (χ4v) is 6.59. The van der Waals surface area contributed by atoms with Gasteiger partial charge in [-0.1, -0.05) is 0 Å². The Bertz CT molecular complexity index is 922. The fourth-order valence-electron chi connectivity index (χ4n) is 5.09. The van der Waals surface area contributed by atoms with Gasteiger partial charge < -0.3 is 28.7 Å². The highest BCUT2D eigenvalue weighted by Gasteiger charge is 2.45. The van der Waals surface area contributed by atoms with Crippen LogP contribution in [-0.4, -0.2) is 45.0 Å². The van der Waals surface area contributed by atoms with Crippen LogP contribution in [0.5, 0.6) is 11.5 Å². The van der Waals surface area contributed by atoms with E-state index in [0.29, 0.717) is 50.4 Å². The maximum Gasteiger partial charge on any atom is 0.332 e. The lowest BCUT2D eigenvalue weighted by Gasteiger charge is -2.31. The van der Waals surface area contributed by atoms with E-state index >= 15 is 0 Å². The van der Waals surface area contributed by atoms with E-state index in [0.717, 1.165) is 18.4 Å². The van der Waals surface area contributed by atoms with Gasteiger partial charge in [-0.2, -0.15) is 0 Å². The van der Waals surface area contributed by atoms with Gasteiger partial charge in [-0.15, -0.1) is 0 Å². The van der Waals surface area contributed by atoms with Gasteiger partial charge in [-0.05, 0) is 70.6 Å². The van der Waals surface area contributed by atoms with E-state index in [1.807, 2.05) is 18.2 Å². The molecule has 1 aromatic carbocycles. The second-order valence-corrected chi connectivity index (χ2v) is 11.5. The van der Waals surface area contributed by atoms with Gasteiger partial charge in [0.2, 0.25) is 5.91 Å². The number of ether oxygens (including phenoxy) is 2. The van der Waals surface area contributed by atoms with Crippen molar-refractivity contribution in [2.75, 3.05) is 33.0 Å². The molecule has 2 aliphatic carbocycles. The first-order valence-electron chi connectivity index (χ1n) is 12.8. The molecule has 0 aromatic heterocycles. The molecule has 9 heteroatoms. The van der Waals surface area contributed by atoms with E-state index in [1.165, 1.54) is 12.8 Å². The highest BCUT2D eigenvalue weighted by atomic mass is 31.2. The van der Waals surface area contributed by atoms with E-state index in [-0.39, 0.29) is 30.6 Å². The first-order valence-corrected chi connectivity index (χ1v) is 14.5. The first kappa shape index (κ1) is 27.5. The molecule has 3 rings (SSSR count). The number of nitrogens with zero attached hydrogens (tertiary/aromatic N) is 1. The van der Waals surface area contributed by atoms with Crippen LogP contribution in [0, 0.1) is 12.5 Å². The summed E-state index contributed by atoms with van der Waals surface area (Å²) in [7, 11) is -1.55. The van der Waals surface area contributed by atoms with Crippen LogP contribution in [-0.2, 0) is 23.9 Å². The lowest BCUT2D eigenvalue weighted by atomic mass is 9.73. The van der Waals surface area contributed by atoms with E-state index in [1.54, 1.807) is 21.0 Å². The Balaban J connectivity index is 1.60. The third-order valence-corrected chi connectivity index (χ3v) is 9.11. The fraction of sp³-hybridized carbons (Fsp3) is 0.692. The summed E-state index contributed by atoms with van der Waals surface area (Å²) in [5.41, 5.74) is 0.255. The molecule has 2 aliphatic rings. The van der Waals surface area contributed by atoms with Crippen molar-refractivity contribution in [2.45, 2.75) is 76.9 Å². The standard InChI is InChI=1S/C26H39N2O6P/c1-5-32-35(30,33-6-2)18-17-28-25(29)20-13-15-26(27-3,16-14-20)21-11-12-23(31-4)24(19-21)34-22-9-7-8-10-22/h11-12,19-20,22H,5-10,13-18H2,1-2,4H3,(H,28,29). The van der Waals surface area contributed by atoms with Crippen LogP contribution >= 0.6 is 7.60 Å². The van der Waals surface area contributed by atoms with Crippen molar-refractivity contribution >= 4 is 13.5 Å². The van der Waals surface area contributed by atoms with Crippen molar-refractivity contribution in [3.05, 3.63) is 35.2 Å². The normalized spacial score (nSPS) is 23.0. The third-order valence-electron chi connectivity index (χ3n) is 7.03. The van der Waals surface area contributed by atoms with Crippen molar-refractivity contribution in [2.24, 2.45) is 5.92 Å². The maximum absolute atomic E-state index is 12.8. The van der Waals surface area contributed by atoms with E-state index < -0.39 is 13.1 Å². The van der Waals surface area contributed by atoms with Crippen LogP contribution in [0.25, 0.3) is 4.85 Å². The van der Waals surface area contributed by atoms with Gasteiger partial charge in [-0.25, -0.2) is 6.57 Å². The van der Waals surface area contributed by atoms with Crippen LogP contribution in [0.15, 0.2) is 18.2 Å². The Labute approximate surface area is 209 Å². The van der Waals surface area contributed by atoms with Gasteiger partial charge in [0.05, 0.1) is 32.6 Å². The number of rotatable bonds is 12. The Kier molecular flexibility index (Phi) is 10.0. The molecule has 0 heterocycles. The van der Waals surface area contributed by atoms with Gasteiger partial charge >= 0.3 is 7.60 Å². The smallest absolute Gasteiger partial charge is 0.332 e. The van der Waals surface area contributed by atoms with E-state index in [4.69, 9.17) is 25.1 Å². The second-order valence-electron chi connectivity index (χ2n) is 9.27. The Morgan fingerprint density at radius 2 is 1.77 bits per heavy atom. The van der Waals surface area contributed by atoms with E-state index in [2.05, 4.69) is 10.2 Å². The van der Waals surface area contributed by atoms with Gasteiger partial charge in [0, 0.05) is 30.9 Å². The molecular formula is C26H39N2O6P. The monoisotopic (exact) mass is 506 g/mol. The molecule has 8 nitrogen and oxygen atoms in total. The van der Waals surface area contributed by atoms with Gasteiger partial charge in [0.1, 0.15) is 0 Å². The number of hydrogen-bond donors (Lipinski definition) is 1. The molecule has 0 aliphatic heterocycles. The minimum atomic E-state index is -3.18. The summed E-state index contributed by atoms with van der Waals surface area (Å²) < 4.78 is 34.9. The zero-order valence-electron chi connectivity index (χ0n) is 21.2. The molecule has 1 amide bonds. The molecule has 2 fully saturated rings. The van der Waals surface area contributed by atoms with Crippen LogP contribution in [0.4, 0.5) is 0 Å². The van der Waals surface area contributed by atoms with E-state index in [9.17, 15) is 9.36 Å². The first-order chi connectivity index (χ1) is 16.9. The number of benzene rings is 1. The molecule has 1 aromatic rings. The predicted octanol–water partition coefficient (Wildman–Crippen LogP) is 5.70. The average Bonchev–Trinajstić information content (AvgIpc) is 3.37. The molecule has 2 saturated carbocycles. The van der Waals surface area contributed by atoms with Crippen LogP contribution in [0.1, 0.15) is 70.8 Å². The molecular weight excluding hydrogens is 467 g/mol. The Morgan fingerprint density at radius 1 is 1.11 bits per heavy atom.